The van der Waals surface area contributed by atoms with E-state index in [9.17, 15) is 0 Å². The number of para-hydroxylation sites is 2. The normalized spacial score (nSPS) is 11.6. The number of nitrogens with zero attached hydrogens (tertiary/aromatic N) is 1. The van der Waals surface area contributed by atoms with Crippen molar-refractivity contribution in [3.8, 4) is 5.75 Å². The highest BCUT2D eigenvalue weighted by molar-refractivity contribution is 5.83. The van der Waals surface area contributed by atoms with Crippen molar-refractivity contribution in [2.45, 2.75) is 60.0 Å². The summed E-state index contributed by atoms with van der Waals surface area (Å²) in [6.07, 6.45) is 1.94. The smallest absolute Gasteiger partial charge is 0.126 e. The van der Waals surface area contributed by atoms with E-state index in [1.54, 1.807) is 0 Å². The van der Waals surface area contributed by atoms with Gasteiger partial charge in [-0.3, -0.25) is 4.99 Å². The molecule has 0 atom stereocenters. The van der Waals surface area contributed by atoms with Crippen molar-refractivity contribution >= 4 is 11.9 Å². The maximum absolute atomic E-state index is 6.39. The summed E-state index contributed by atoms with van der Waals surface area (Å²) in [5.41, 5.74) is 8.21. The molecule has 3 rings (SSSR count). The molecule has 2 nitrogen and oxygen atoms in total. The second-order valence-corrected chi connectivity index (χ2v) is 8.61. The van der Waals surface area contributed by atoms with Gasteiger partial charge in [0.15, 0.2) is 0 Å². The highest BCUT2D eigenvalue weighted by Crippen LogP contribution is 2.35. The molecule has 0 saturated heterocycles. The van der Waals surface area contributed by atoms with Gasteiger partial charge in [-0.05, 0) is 65.1 Å². The van der Waals surface area contributed by atoms with Gasteiger partial charge in [-0.25, -0.2) is 0 Å². The number of ether oxygens (including phenoxy) is 1. The summed E-state index contributed by atoms with van der Waals surface area (Å²) in [4.78, 5) is 4.74. The van der Waals surface area contributed by atoms with Crippen molar-refractivity contribution < 1.29 is 4.74 Å². The van der Waals surface area contributed by atoms with Gasteiger partial charge in [-0.1, -0.05) is 82.3 Å². The molecule has 0 spiro atoms. The first-order valence-corrected chi connectivity index (χ1v) is 10.8. The van der Waals surface area contributed by atoms with Crippen molar-refractivity contribution in [2.75, 3.05) is 0 Å². The van der Waals surface area contributed by atoms with E-state index in [4.69, 9.17) is 9.73 Å². The average molecular weight is 400 g/mol. The van der Waals surface area contributed by atoms with Gasteiger partial charge in [0.1, 0.15) is 12.4 Å². The van der Waals surface area contributed by atoms with Crippen LogP contribution in [0.3, 0.4) is 0 Å². The van der Waals surface area contributed by atoms with E-state index in [0.717, 1.165) is 22.6 Å². The Kier molecular flexibility index (Phi) is 7.10. The molecule has 0 amide bonds. The van der Waals surface area contributed by atoms with Gasteiger partial charge in [-0.2, -0.15) is 0 Å². The molecule has 2 heteroatoms. The SMILES string of the molecule is Cc1cccc(C)c1N=Cc1cccc(COc2c(C(C)C)cccc2C(C)C)c1. The third-order valence-electron chi connectivity index (χ3n) is 5.44. The fourth-order valence-corrected chi connectivity index (χ4v) is 3.72. The Morgan fingerprint density at radius 1 is 0.800 bits per heavy atom. The number of rotatable bonds is 7. The molecular formula is C28H33NO. The Morgan fingerprint density at radius 3 is 1.97 bits per heavy atom. The van der Waals surface area contributed by atoms with Crippen LogP contribution in [0, 0.1) is 13.8 Å². The van der Waals surface area contributed by atoms with Crippen LogP contribution < -0.4 is 4.74 Å². The third-order valence-corrected chi connectivity index (χ3v) is 5.44. The van der Waals surface area contributed by atoms with Crippen LogP contribution in [0.4, 0.5) is 5.69 Å². The zero-order valence-electron chi connectivity index (χ0n) is 19.1. The van der Waals surface area contributed by atoms with E-state index in [-0.39, 0.29) is 0 Å². The number of aryl methyl sites for hydroxylation is 2. The van der Waals surface area contributed by atoms with Gasteiger partial charge >= 0.3 is 0 Å². The summed E-state index contributed by atoms with van der Waals surface area (Å²) in [6, 6.07) is 21.2. The van der Waals surface area contributed by atoms with Crippen LogP contribution in [-0.4, -0.2) is 6.21 Å². The number of aliphatic imine (C=N–C) groups is 1. The monoisotopic (exact) mass is 399 g/mol. The molecule has 0 aromatic heterocycles. The van der Waals surface area contributed by atoms with E-state index in [2.05, 4.69) is 102 Å². The first-order chi connectivity index (χ1) is 14.4. The Labute approximate surface area is 181 Å². The zero-order valence-corrected chi connectivity index (χ0v) is 19.1. The fraction of sp³-hybridized carbons (Fsp3) is 0.321. The summed E-state index contributed by atoms with van der Waals surface area (Å²) >= 11 is 0. The lowest BCUT2D eigenvalue weighted by Gasteiger charge is -2.20. The van der Waals surface area contributed by atoms with E-state index in [1.807, 2.05) is 6.21 Å². The number of hydrogen-bond acceptors (Lipinski definition) is 2. The van der Waals surface area contributed by atoms with Crippen molar-refractivity contribution in [3.05, 3.63) is 94.0 Å². The molecule has 30 heavy (non-hydrogen) atoms. The van der Waals surface area contributed by atoms with Gasteiger partial charge in [0.2, 0.25) is 0 Å². The highest BCUT2D eigenvalue weighted by Gasteiger charge is 2.15. The van der Waals surface area contributed by atoms with Crippen molar-refractivity contribution in [3.63, 3.8) is 0 Å². The predicted octanol–water partition coefficient (Wildman–Crippen LogP) is 7.88. The Morgan fingerprint density at radius 2 is 1.37 bits per heavy atom. The first kappa shape index (κ1) is 21.8. The summed E-state index contributed by atoms with van der Waals surface area (Å²) < 4.78 is 6.39. The largest absolute Gasteiger partial charge is 0.488 e. The summed E-state index contributed by atoms with van der Waals surface area (Å²) in [6.45, 7) is 13.6. The summed E-state index contributed by atoms with van der Waals surface area (Å²) in [5, 5.41) is 0. The second kappa shape index (κ2) is 9.75. The molecular weight excluding hydrogens is 366 g/mol. The van der Waals surface area contributed by atoms with Crippen LogP contribution in [0.25, 0.3) is 0 Å². The Bertz CT molecular complexity index is 984. The molecule has 0 bridgehead atoms. The number of benzene rings is 3. The summed E-state index contributed by atoms with van der Waals surface area (Å²) in [7, 11) is 0. The third kappa shape index (κ3) is 5.18. The van der Waals surface area contributed by atoms with Crippen LogP contribution in [0.1, 0.15) is 72.9 Å². The Hall–Kier alpha value is -2.87. The first-order valence-electron chi connectivity index (χ1n) is 10.8. The van der Waals surface area contributed by atoms with Gasteiger partial charge in [0.05, 0.1) is 5.69 Å². The Balaban J connectivity index is 1.81. The lowest BCUT2D eigenvalue weighted by Crippen LogP contribution is -2.04. The van der Waals surface area contributed by atoms with E-state index in [0.29, 0.717) is 18.4 Å². The van der Waals surface area contributed by atoms with E-state index in [1.165, 1.54) is 22.3 Å². The average Bonchev–Trinajstić information content (AvgIpc) is 2.71. The number of hydrogen-bond donors (Lipinski definition) is 0. The van der Waals surface area contributed by atoms with Crippen LogP contribution in [0.2, 0.25) is 0 Å². The maximum atomic E-state index is 6.39. The fourth-order valence-electron chi connectivity index (χ4n) is 3.72. The molecule has 156 valence electrons. The second-order valence-electron chi connectivity index (χ2n) is 8.61. The van der Waals surface area contributed by atoms with Gasteiger partial charge in [-0.15, -0.1) is 0 Å². The molecule has 0 saturated carbocycles. The highest BCUT2D eigenvalue weighted by atomic mass is 16.5. The minimum Gasteiger partial charge on any atom is -0.488 e. The molecule has 0 unspecified atom stereocenters. The molecule has 0 aliphatic heterocycles. The van der Waals surface area contributed by atoms with Crippen LogP contribution in [0.5, 0.6) is 5.75 Å². The topological polar surface area (TPSA) is 21.6 Å². The molecule has 0 radical (unpaired) electrons. The molecule has 0 N–H and O–H groups in total. The quantitative estimate of drug-likeness (QED) is 0.370. The molecule has 0 heterocycles. The molecule has 3 aromatic rings. The molecule has 0 fully saturated rings. The van der Waals surface area contributed by atoms with Crippen LogP contribution in [0.15, 0.2) is 65.7 Å². The lowest BCUT2D eigenvalue weighted by molar-refractivity contribution is 0.297. The lowest BCUT2D eigenvalue weighted by atomic mass is 9.94. The predicted molar refractivity (Wildman–Crippen MR) is 129 cm³/mol. The molecule has 0 aliphatic carbocycles. The molecule has 0 aliphatic rings. The van der Waals surface area contributed by atoms with Crippen molar-refractivity contribution in [1.82, 2.24) is 0 Å². The standard InChI is InChI=1S/C28H33NO/c1-19(2)25-14-9-15-26(20(3)4)28(25)30-18-24-13-8-12-23(16-24)17-29-27-21(5)10-7-11-22(27)6/h7-17,19-20H,18H2,1-6H3. The minimum atomic E-state index is 0.425. The maximum Gasteiger partial charge on any atom is 0.126 e. The molecule has 3 aromatic carbocycles. The van der Waals surface area contributed by atoms with Crippen molar-refractivity contribution in [1.29, 1.82) is 0 Å². The van der Waals surface area contributed by atoms with E-state index >= 15 is 0 Å². The van der Waals surface area contributed by atoms with Gasteiger partial charge < -0.3 is 4.74 Å². The van der Waals surface area contributed by atoms with Gasteiger partial charge in [0, 0.05) is 6.21 Å². The van der Waals surface area contributed by atoms with Crippen LogP contribution >= 0.6 is 0 Å². The van der Waals surface area contributed by atoms with Crippen molar-refractivity contribution in [2.24, 2.45) is 4.99 Å². The van der Waals surface area contributed by atoms with E-state index < -0.39 is 0 Å². The van der Waals surface area contributed by atoms with Gasteiger partial charge in [0.25, 0.3) is 0 Å². The minimum absolute atomic E-state index is 0.425. The van der Waals surface area contributed by atoms with Crippen LogP contribution in [-0.2, 0) is 6.61 Å². The zero-order chi connectivity index (χ0) is 21.7. The summed E-state index contributed by atoms with van der Waals surface area (Å²) in [5.74, 6) is 1.89.